The summed E-state index contributed by atoms with van der Waals surface area (Å²) in [4.78, 5) is 46.5. The van der Waals surface area contributed by atoms with Gasteiger partial charge in [-0.1, -0.05) is 19.1 Å². The molecule has 8 heteroatoms. The lowest BCUT2D eigenvalue weighted by Crippen LogP contribution is -2.51. The number of H-pyrrole nitrogens is 1. The molecule has 8 nitrogen and oxygen atoms in total. The van der Waals surface area contributed by atoms with Gasteiger partial charge in [0.15, 0.2) is 0 Å². The highest BCUT2D eigenvalue weighted by Crippen LogP contribution is 2.48. The summed E-state index contributed by atoms with van der Waals surface area (Å²) in [6, 6.07) is 7.39. The van der Waals surface area contributed by atoms with E-state index < -0.39 is 6.04 Å². The zero-order valence-electron chi connectivity index (χ0n) is 18.2. The highest BCUT2D eigenvalue weighted by atomic mass is 16.2. The molecule has 1 aromatic heterocycles. The number of likely N-dealkylation sites (tertiary alicyclic amines) is 1. The van der Waals surface area contributed by atoms with Crippen LogP contribution in [0.15, 0.2) is 24.3 Å². The van der Waals surface area contributed by atoms with Gasteiger partial charge in [-0.05, 0) is 44.2 Å². The van der Waals surface area contributed by atoms with E-state index >= 15 is 0 Å². The van der Waals surface area contributed by atoms with Crippen molar-refractivity contribution in [3.63, 3.8) is 0 Å². The Kier molecular flexibility index (Phi) is 6.25. The summed E-state index contributed by atoms with van der Waals surface area (Å²) in [5.41, 5.74) is 1.96. The molecule has 1 aliphatic carbocycles. The number of para-hydroxylation sites is 2. The number of hydrogen-bond donors (Lipinski definition) is 3. The second kappa shape index (κ2) is 9.08. The van der Waals surface area contributed by atoms with Crippen LogP contribution < -0.4 is 10.6 Å². The van der Waals surface area contributed by atoms with Crippen LogP contribution in [-0.4, -0.2) is 57.8 Å². The Labute approximate surface area is 182 Å². The summed E-state index contributed by atoms with van der Waals surface area (Å²) < 4.78 is 0. The number of carbonyl (C=O) groups is 3. The van der Waals surface area contributed by atoms with Gasteiger partial charge in [0.25, 0.3) is 0 Å². The molecule has 3 N–H and O–H groups in total. The van der Waals surface area contributed by atoms with Crippen LogP contribution in [0.2, 0.25) is 0 Å². The van der Waals surface area contributed by atoms with E-state index in [-0.39, 0.29) is 35.6 Å². The normalized spacial score (nSPS) is 22.2. The predicted molar refractivity (Wildman–Crippen MR) is 117 cm³/mol. The number of hydrogen-bond acceptors (Lipinski definition) is 4. The first kappa shape index (κ1) is 21.3. The second-order valence-corrected chi connectivity index (χ2v) is 8.75. The summed E-state index contributed by atoms with van der Waals surface area (Å²) in [7, 11) is 0. The van der Waals surface area contributed by atoms with E-state index in [1.807, 2.05) is 36.1 Å². The largest absolute Gasteiger partial charge is 0.351 e. The van der Waals surface area contributed by atoms with Gasteiger partial charge in [-0.2, -0.15) is 0 Å². The Morgan fingerprint density at radius 3 is 2.68 bits per heavy atom. The summed E-state index contributed by atoms with van der Waals surface area (Å²) in [5, 5.41) is 5.84. The quantitative estimate of drug-likeness (QED) is 0.631. The highest BCUT2D eigenvalue weighted by molar-refractivity contribution is 5.87. The summed E-state index contributed by atoms with van der Waals surface area (Å²) in [6.07, 6.45) is 3.34. The van der Waals surface area contributed by atoms with Crippen molar-refractivity contribution in [2.75, 3.05) is 13.1 Å². The van der Waals surface area contributed by atoms with Gasteiger partial charge in [0.05, 0.1) is 11.0 Å². The van der Waals surface area contributed by atoms with Crippen LogP contribution in [-0.2, 0) is 14.4 Å². The summed E-state index contributed by atoms with van der Waals surface area (Å²) in [5.74, 6) is 1.37. The molecule has 1 unspecified atom stereocenters. The SMILES string of the molecule is CCC(=O)N1CCC(NC(=O)C(C)NC(=O)C[C@@H]2C[C@H]2c2nc3ccccc3[nH]2)CC1. The van der Waals surface area contributed by atoms with Gasteiger partial charge in [-0.3, -0.25) is 14.4 Å². The van der Waals surface area contributed by atoms with E-state index in [2.05, 4.69) is 20.6 Å². The third-order valence-corrected chi connectivity index (χ3v) is 6.40. The molecule has 3 amide bonds. The molecule has 0 radical (unpaired) electrons. The van der Waals surface area contributed by atoms with Crippen molar-refractivity contribution in [1.82, 2.24) is 25.5 Å². The molecule has 2 heterocycles. The van der Waals surface area contributed by atoms with Crippen molar-refractivity contribution in [1.29, 1.82) is 0 Å². The van der Waals surface area contributed by atoms with Gasteiger partial charge in [-0.15, -0.1) is 0 Å². The lowest BCUT2D eigenvalue weighted by molar-refractivity contribution is -0.132. The lowest BCUT2D eigenvalue weighted by atomic mass is 10.0. The van der Waals surface area contributed by atoms with Gasteiger partial charge < -0.3 is 20.5 Å². The third-order valence-electron chi connectivity index (χ3n) is 6.40. The van der Waals surface area contributed by atoms with Crippen LogP contribution in [0.4, 0.5) is 0 Å². The van der Waals surface area contributed by atoms with E-state index in [1.165, 1.54) is 0 Å². The maximum Gasteiger partial charge on any atom is 0.242 e. The third kappa shape index (κ3) is 5.06. The zero-order valence-corrected chi connectivity index (χ0v) is 18.2. The maximum absolute atomic E-state index is 12.5. The molecule has 1 saturated carbocycles. The monoisotopic (exact) mass is 425 g/mol. The average molecular weight is 426 g/mol. The Balaban J connectivity index is 1.19. The Morgan fingerprint density at radius 2 is 1.97 bits per heavy atom. The number of piperidine rings is 1. The van der Waals surface area contributed by atoms with E-state index in [0.717, 1.165) is 36.1 Å². The van der Waals surface area contributed by atoms with Crippen molar-refractivity contribution in [2.24, 2.45) is 5.92 Å². The molecule has 0 bridgehead atoms. The predicted octanol–water partition coefficient (Wildman–Crippen LogP) is 2.08. The summed E-state index contributed by atoms with van der Waals surface area (Å²) in [6.45, 7) is 4.92. The van der Waals surface area contributed by atoms with Crippen molar-refractivity contribution in [3.8, 4) is 0 Å². The Hall–Kier alpha value is -2.90. The fourth-order valence-electron chi connectivity index (χ4n) is 4.38. The van der Waals surface area contributed by atoms with Crippen molar-refractivity contribution in [2.45, 2.75) is 64.0 Å². The lowest BCUT2D eigenvalue weighted by Gasteiger charge is -2.32. The van der Waals surface area contributed by atoms with Crippen LogP contribution >= 0.6 is 0 Å². The van der Waals surface area contributed by atoms with Crippen LogP contribution in [0.25, 0.3) is 11.0 Å². The van der Waals surface area contributed by atoms with Crippen molar-refractivity contribution >= 4 is 28.8 Å². The number of aromatic amines is 1. The van der Waals surface area contributed by atoms with Gasteiger partial charge >= 0.3 is 0 Å². The first-order valence-corrected chi connectivity index (χ1v) is 11.3. The molecule has 31 heavy (non-hydrogen) atoms. The maximum atomic E-state index is 12.5. The molecular formula is C23H31N5O3. The minimum Gasteiger partial charge on any atom is -0.351 e. The number of amides is 3. The molecular weight excluding hydrogens is 394 g/mol. The molecule has 1 aliphatic heterocycles. The molecule has 1 aromatic carbocycles. The van der Waals surface area contributed by atoms with Crippen molar-refractivity contribution in [3.05, 3.63) is 30.1 Å². The molecule has 2 fully saturated rings. The van der Waals surface area contributed by atoms with Crippen molar-refractivity contribution < 1.29 is 14.4 Å². The molecule has 2 aromatic rings. The number of benzene rings is 1. The van der Waals surface area contributed by atoms with E-state index in [0.29, 0.717) is 25.9 Å². The number of nitrogens with one attached hydrogen (secondary N) is 3. The number of imidazole rings is 1. The molecule has 4 rings (SSSR count). The number of fused-ring (bicyclic) bond motifs is 1. The second-order valence-electron chi connectivity index (χ2n) is 8.75. The topological polar surface area (TPSA) is 107 Å². The van der Waals surface area contributed by atoms with E-state index in [4.69, 9.17) is 0 Å². The fourth-order valence-corrected chi connectivity index (χ4v) is 4.38. The van der Waals surface area contributed by atoms with Gasteiger partial charge in [0, 0.05) is 37.9 Å². The van der Waals surface area contributed by atoms with Gasteiger partial charge in [-0.25, -0.2) is 4.98 Å². The van der Waals surface area contributed by atoms with Crippen LogP contribution in [0.1, 0.15) is 57.7 Å². The minimum atomic E-state index is -0.578. The fraction of sp³-hybridized carbons (Fsp3) is 0.565. The Bertz CT molecular complexity index is 930. The molecule has 1 saturated heterocycles. The summed E-state index contributed by atoms with van der Waals surface area (Å²) >= 11 is 0. The highest BCUT2D eigenvalue weighted by Gasteiger charge is 2.42. The molecule has 2 aliphatic rings. The zero-order chi connectivity index (χ0) is 22.0. The number of nitrogens with zero attached hydrogens (tertiary/aromatic N) is 2. The first-order chi connectivity index (χ1) is 14.9. The molecule has 166 valence electrons. The van der Waals surface area contributed by atoms with Crippen LogP contribution in [0.5, 0.6) is 0 Å². The molecule has 3 atom stereocenters. The smallest absolute Gasteiger partial charge is 0.242 e. The molecule has 0 spiro atoms. The first-order valence-electron chi connectivity index (χ1n) is 11.3. The van der Waals surface area contributed by atoms with Crippen LogP contribution in [0.3, 0.4) is 0 Å². The van der Waals surface area contributed by atoms with Gasteiger partial charge in [0.2, 0.25) is 17.7 Å². The Morgan fingerprint density at radius 1 is 1.23 bits per heavy atom. The number of rotatable bonds is 7. The number of aromatic nitrogens is 2. The minimum absolute atomic E-state index is 0.0497. The van der Waals surface area contributed by atoms with Gasteiger partial charge in [0.1, 0.15) is 11.9 Å². The average Bonchev–Trinajstić information content (AvgIpc) is 3.39. The standard InChI is InChI=1S/C23H31N5O3/c1-3-21(30)28-10-8-16(9-11-28)25-23(31)14(2)24-20(29)13-15-12-17(15)22-26-18-6-4-5-7-19(18)27-22/h4-7,14-17H,3,8-13H2,1-2H3,(H,24,29)(H,25,31)(H,26,27)/t14?,15-,17+/m0/s1. The van der Waals surface area contributed by atoms with Crippen LogP contribution in [0, 0.1) is 5.92 Å². The van der Waals surface area contributed by atoms with E-state index in [9.17, 15) is 14.4 Å². The van der Waals surface area contributed by atoms with E-state index in [1.54, 1.807) is 6.92 Å². The number of carbonyl (C=O) groups excluding carboxylic acids is 3.